The zero-order valence-corrected chi connectivity index (χ0v) is 17.9. The van der Waals surface area contributed by atoms with Gasteiger partial charge in [0.15, 0.2) is 0 Å². The van der Waals surface area contributed by atoms with E-state index in [1.165, 1.54) is 0 Å². The van der Waals surface area contributed by atoms with Crippen LogP contribution in [-0.2, 0) is 9.53 Å². The summed E-state index contributed by atoms with van der Waals surface area (Å²) in [5.41, 5.74) is 0.622. The lowest BCUT2D eigenvalue weighted by atomic mass is 9.92. The molecule has 2 aromatic rings. The van der Waals surface area contributed by atoms with Gasteiger partial charge in [0.1, 0.15) is 16.9 Å². The van der Waals surface area contributed by atoms with E-state index in [1.54, 1.807) is 6.20 Å². The molecule has 0 spiro atoms. The molecular formula is C23H34N2O3. The molecule has 0 fully saturated rings. The van der Waals surface area contributed by atoms with Crippen LogP contribution in [0.5, 0.6) is 5.75 Å². The maximum atomic E-state index is 13.1. The summed E-state index contributed by atoms with van der Waals surface area (Å²) in [4.78, 5) is 17.6. The molecule has 1 heterocycles. The Labute approximate surface area is 168 Å². The smallest absolute Gasteiger partial charge is 0.256 e. The van der Waals surface area contributed by atoms with Gasteiger partial charge in [-0.25, -0.2) is 0 Å². The summed E-state index contributed by atoms with van der Waals surface area (Å²) in [5.74, 6) is 0.967. The molecule has 1 aromatic carbocycles. The van der Waals surface area contributed by atoms with Crippen LogP contribution in [0.1, 0.15) is 60.3 Å². The second kappa shape index (κ2) is 10.4. The Kier molecular flexibility index (Phi) is 8.24. The lowest BCUT2D eigenvalue weighted by Crippen LogP contribution is -2.44. The van der Waals surface area contributed by atoms with Crippen LogP contribution in [0.3, 0.4) is 0 Å². The van der Waals surface area contributed by atoms with Crippen molar-refractivity contribution in [3.63, 3.8) is 0 Å². The Morgan fingerprint density at radius 1 is 1.18 bits per heavy atom. The van der Waals surface area contributed by atoms with Crippen molar-refractivity contribution in [2.45, 2.75) is 65.9 Å². The third-order valence-corrected chi connectivity index (χ3v) is 4.64. The highest BCUT2D eigenvalue weighted by Gasteiger charge is 2.35. The fraction of sp³-hybridized carbons (Fsp3) is 0.565. The number of anilines is 1. The largest absolute Gasteiger partial charge is 0.491 e. The standard InChI is InChI=1S/C23H34N2O3/c1-6-8-15-27-20-12-11-19(18-10-9-13-24-21(18)20)25-22(26)23(5,16-17(3)4)28-14-7-2/h9-13,17H,6-8,14-16H2,1-5H3,(H,25,26). The normalized spacial score (nSPS) is 13.5. The van der Waals surface area contributed by atoms with Gasteiger partial charge in [-0.15, -0.1) is 0 Å². The van der Waals surface area contributed by atoms with Crippen molar-refractivity contribution in [2.75, 3.05) is 18.5 Å². The molecule has 1 atom stereocenters. The Hall–Kier alpha value is -2.14. The second-order valence-electron chi connectivity index (χ2n) is 7.84. The zero-order chi connectivity index (χ0) is 20.6. The minimum absolute atomic E-state index is 0.126. The number of fused-ring (bicyclic) bond motifs is 1. The van der Waals surface area contributed by atoms with Gasteiger partial charge in [0.25, 0.3) is 5.91 Å². The van der Waals surface area contributed by atoms with E-state index < -0.39 is 5.60 Å². The third kappa shape index (κ3) is 5.68. The quantitative estimate of drug-likeness (QED) is 0.512. The monoisotopic (exact) mass is 386 g/mol. The van der Waals surface area contributed by atoms with Gasteiger partial charge in [-0.1, -0.05) is 34.1 Å². The van der Waals surface area contributed by atoms with Crippen molar-refractivity contribution >= 4 is 22.5 Å². The number of carbonyl (C=O) groups is 1. The summed E-state index contributed by atoms with van der Waals surface area (Å²) < 4.78 is 11.9. The first-order chi connectivity index (χ1) is 13.4. The topological polar surface area (TPSA) is 60.5 Å². The maximum absolute atomic E-state index is 13.1. The van der Waals surface area contributed by atoms with Crippen LogP contribution in [0, 0.1) is 5.92 Å². The lowest BCUT2D eigenvalue weighted by Gasteiger charge is -2.30. The lowest BCUT2D eigenvalue weighted by molar-refractivity contribution is -0.141. The third-order valence-electron chi connectivity index (χ3n) is 4.64. The summed E-state index contributed by atoms with van der Waals surface area (Å²) in [6, 6.07) is 7.60. The first-order valence-corrected chi connectivity index (χ1v) is 10.4. The average molecular weight is 387 g/mol. The van der Waals surface area contributed by atoms with Crippen LogP contribution >= 0.6 is 0 Å². The number of hydrogen-bond donors (Lipinski definition) is 1. The van der Waals surface area contributed by atoms with Crippen molar-refractivity contribution < 1.29 is 14.3 Å². The molecule has 0 aliphatic carbocycles. The second-order valence-corrected chi connectivity index (χ2v) is 7.84. The number of ether oxygens (including phenoxy) is 2. The van der Waals surface area contributed by atoms with Gasteiger partial charge in [-0.3, -0.25) is 9.78 Å². The summed E-state index contributed by atoms with van der Waals surface area (Å²) in [6.07, 6.45) is 5.35. The van der Waals surface area contributed by atoms with Gasteiger partial charge in [0.05, 0.1) is 12.3 Å². The Morgan fingerprint density at radius 3 is 2.64 bits per heavy atom. The van der Waals surface area contributed by atoms with Crippen molar-refractivity contribution in [1.29, 1.82) is 0 Å². The van der Waals surface area contributed by atoms with Gasteiger partial charge in [-0.2, -0.15) is 0 Å². The van der Waals surface area contributed by atoms with E-state index in [1.807, 2.05) is 38.1 Å². The molecule has 5 nitrogen and oxygen atoms in total. The Morgan fingerprint density at radius 2 is 1.96 bits per heavy atom. The van der Waals surface area contributed by atoms with Gasteiger partial charge in [-0.05, 0) is 56.4 Å². The van der Waals surface area contributed by atoms with E-state index in [0.717, 1.165) is 41.6 Å². The number of nitrogens with zero attached hydrogens (tertiary/aromatic N) is 1. The fourth-order valence-corrected chi connectivity index (χ4v) is 3.28. The molecule has 1 N–H and O–H groups in total. The minimum atomic E-state index is -0.866. The van der Waals surface area contributed by atoms with E-state index in [-0.39, 0.29) is 5.91 Å². The highest BCUT2D eigenvalue weighted by Crippen LogP contribution is 2.32. The Bertz CT molecular complexity index is 776. The van der Waals surface area contributed by atoms with Gasteiger partial charge < -0.3 is 14.8 Å². The molecule has 0 saturated heterocycles. The van der Waals surface area contributed by atoms with Crippen molar-refractivity contribution in [2.24, 2.45) is 5.92 Å². The van der Waals surface area contributed by atoms with E-state index in [0.29, 0.717) is 25.6 Å². The number of amides is 1. The predicted octanol–water partition coefficient (Wildman–Crippen LogP) is 5.58. The first kappa shape index (κ1) is 22.2. The molecule has 0 bridgehead atoms. The minimum Gasteiger partial charge on any atom is -0.491 e. The van der Waals surface area contributed by atoms with E-state index >= 15 is 0 Å². The number of pyridine rings is 1. The molecule has 0 aliphatic rings. The van der Waals surface area contributed by atoms with E-state index in [4.69, 9.17) is 9.47 Å². The summed E-state index contributed by atoms with van der Waals surface area (Å²) in [6.45, 7) is 11.5. The molecule has 5 heteroatoms. The number of aromatic nitrogens is 1. The number of carbonyl (C=O) groups excluding carboxylic acids is 1. The molecule has 28 heavy (non-hydrogen) atoms. The molecule has 2 rings (SSSR count). The molecule has 1 amide bonds. The predicted molar refractivity (Wildman–Crippen MR) is 115 cm³/mol. The number of hydrogen-bond acceptors (Lipinski definition) is 4. The van der Waals surface area contributed by atoms with Crippen LogP contribution in [0.4, 0.5) is 5.69 Å². The number of nitrogens with one attached hydrogen (secondary N) is 1. The summed E-state index contributed by atoms with van der Waals surface area (Å²) in [5, 5.41) is 3.94. The molecule has 0 radical (unpaired) electrons. The SMILES string of the molecule is CCCCOc1ccc(NC(=O)C(C)(CC(C)C)OCCC)c2cccnc12. The molecular weight excluding hydrogens is 352 g/mol. The van der Waals surface area contributed by atoms with Crippen molar-refractivity contribution in [3.05, 3.63) is 30.5 Å². The van der Waals surface area contributed by atoms with Crippen LogP contribution in [0.25, 0.3) is 10.9 Å². The summed E-state index contributed by atoms with van der Waals surface area (Å²) in [7, 11) is 0. The van der Waals surface area contributed by atoms with Gasteiger partial charge >= 0.3 is 0 Å². The molecule has 0 aliphatic heterocycles. The number of rotatable bonds is 11. The molecule has 1 aromatic heterocycles. The first-order valence-electron chi connectivity index (χ1n) is 10.4. The molecule has 1 unspecified atom stereocenters. The number of unbranched alkanes of at least 4 members (excludes halogenated alkanes) is 1. The molecule has 0 saturated carbocycles. The highest BCUT2D eigenvalue weighted by atomic mass is 16.5. The highest BCUT2D eigenvalue weighted by molar-refractivity contribution is 6.05. The maximum Gasteiger partial charge on any atom is 0.256 e. The van der Waals surface area contributed by atoms with Crippen LogP contribution in [0.15, 0.2) is 30.5 Å². The summed E-state index contributed by atoms with van der Waals surface area (Å²) >= 11 is 0. The van der Waals surface area contributed by atoms with Crippen molar-refractivity contribution in [3.8, 4) is 5.75 Å². The number of benzene rings is 1. The van der Waals surface area contributed by atoms with E-state index in [9.17, 15) is 4.79 Å². The Balaban J connectivity index is 2.29. The van der Waals surface area contributed by atoms with Gasteiger partial charge in [0.2, 0.25) is 0 Å². The average Bonchev–Trinajstić information content (AvgIpc) is 2.67. The zero-order valence-electron chi connectivity index (χ0n) is 17.9. The van der Waals surface area contributed by atoms with Gasteiger partial charge in [0, 0.05) is 18.2 Å². The van der Waals surface area contributed by atoms with Crippen molar-refractivity contribution in [1.82, 2.24) is 4.98 Å². The van der Waals surface area contributed by atoms with E-state index in [2.05, 4.69) is 31.1 Å². The molecule has 154 valence electrons. The van der Waals surface area contributed by atoms with Crippen LogP contribution in [-0.4, -0.2) is 29.7 Å². The fourth-order valence-electron chi connectivity index (χ4n) is 3.28. The van der Waals surface area contributed by atoms with Crippen LogP contribution in [0.2, 0.25) is 0 Å². The van der Waals surface area contributed by atoms with Crippen LogP contribution < -0.4 is 10.1 Å².